The largest absolute Gasteiger partial charge is 0.0149 e. The van der Waals surface area contributed by atoms with Crippen LogP contribution in [0.5, 0.6) is 0 Å². The Morgan fingerprint density at radius 3 is 1.11 bits per heavy atom. The summed E-state index contributed by atoms with van der Waals surface area (Å²) in [6.45, 7) is 0. The number of phosphoric acid groups is 1. The van der Waals surface area contributed by atoms with Crippen molar-refractivity contribution in [2.24, 2.45) is 0 Å². The van der Waals surface area contributed by atoms with Crippen LogP contribution in [0.4, 0.5) is 0 Å². The summed E-state index contributed by atoms with van der Waals surface area (Å²) in [6.07, 6.45) is 0. The molecule has 0 atom stereocenters. The fraction of sp³-hybridized carbons (Fsp3) is 1.00. The second kappa shape index (κ2) is 12.2. The minimum atomic E-state index is -4.64. The van der Waals surface area contributed by atoms with Gasteiger partial charge >= 0.3 is 26.7 Å². The number of hydrogen-bond donors (Lipinski definition) is 3. The molecule has 0 aliphatic heterocycles. The molecule has 0 aromatic heterocycles. The first-order chi connectivity index (χ1) is 2.00. The Morgan fingerprint density at radius 1 is 1.11 bits per heavy atom. The van der Waals surface area contributed by atoms with Gasteiger partial charge in [-0.2, -0.15) is 0 Å². The number of hydrogen-bond acceptors (Lipinski definition) is 1. The molecule has 0 aliphatic rings. The molecule has 0 saturated heterocycles. The Labute approximate surface area is 81.3 Å². The van der Waals surface area contributed by atoms with Crippen molar-refractivity contribution in [2.45, 2.75) is 7.43 Å². The van der Waals surface area contributed by atoms with E-state index in [4.69, 9.17) is 19.2 Å². The predicted octanol–water partition coefficient (Wildman–Crippen LogP) is -2.40. The Bertz CT molecular complexity index is 66.7. The normalized spacial score (nSPS) is 6.56. The average molecular weight is 209 g/mol. The summed E-state index contributed by atoms with van der Waals surface area (Å²) in [4.78, 5) is 21.6. The quantitative estimate of drug-likeness (QED) is 0.307. The van der Waals surface area contributed by atoms with Crippen LogP contribution in [-0.4, -0.2) is 44.5 Å². The van der Waals surface area contributed by atoms with Crippen LogP contribution in [0.25, 0.3) is 0 Å². The van der Waals surface area contributed by atoms with E-state index >= 15 is 0 Å². The van der Waals surface area contributed by atoms with E-state index in [0.29, 0.717) is 0 Å². The van der Waals surface area contributed by atoms with E-state index in [2.05, 4.69) is 0 Å². The van der Waals surface area contributed by atoms with E-state index in [1.807, 2.05) is 0 Å². The van der Waals surface area contributed by atoms with Crippen molar-refractivity contribution in [3.63, 3.8) is 0 Å². The Hall–Kier alpha value is 1.44. The van der Waals surface area contributed by atoms with Crippen LogP contribution in [0.2, 0.25) is 0 Å². The summed E-state index contributed by atoms with van der Waals surface area (Å²) in [5.74, 6) is 0. The summed E-state index contributed by atoms with van der Waals surface area (Å²) >= 11 is 0. The summed E-state index contributed by atoms with van der Waals surface area (Å²) < 4.78 is 8.88. The molecule has 0 saturated carbocycles. The van der Waals surface area contributed by atoms with Gasteiger partial charge in [0.1, 0.15) is 0 Å². The van der Waals surface area contributed by atoms with Crippen LogP contribution in [0.3, 0.4) is 0 Å². The first-order valence-corrected chi connectivity index (χ1v) is 2.35. The van der Waals surface area contributed by atoms with Crippen LogP contribution < -0.4 is 0 Å². The molecular formula is CH12LiMnO4PSi. The fourth-order valence-electron chi connectivity index (χ4n) is 0. The second-order valence-corrected chi connectivity index (χ2v) is 1.54. The van der Waals surface area contributed by atoms with Gasteiger partial charge in [-0.25, -0.2) is 4.57 Å². The van der Waals surface area contributed by atoms with Crippen molar-refractivity contribution >= 4 is 37.6 Å². The molecule has 57 valence electrons. The van der Waals surface area contributed by atoms with Crippen molar-refractivity contribution in [2.75, 3.05) is 0 Å². The van der Waals surface area contributed by atoms with Gasteiger partial charge in [0.25, 0.3) is 0 Å². The van der Waals surface area contributed by atoms with Crippen molar-refractivity contribution in [3.8, 4) is 0 Å². The Morgan fingerprint density at radius 2 is 1.11 bits per heavy atom. The fourth-order valence-corrected chi connectivity index (χ4v) is 0. The average Bonchev–Trinajstić information content (AvgIpc) is 0.722. The zero-order valence-corrected chi connectivity index (χ0v) is 4.65. The maximum absolute atomic E-state index is 8.88. The molecule has 0 spiro atoms. The van der Waals surface area contributed by atoms with Gasteiger partial charge in [-0.05, 0) is 11.0 Å². The molecule has 0 aliphatic carbocycles. The molecule has 0 bridgehead atoms. The maximum atomic E-state index is 8.88. The molecule has 9 heavy (non-hydrogen) atoms. The first kappa shape index (κ1) is 31.4. The molecule has 1 radical (unpaired) electrons. The van der Waals surface area contributed by atoms with Gasteiger partial charge in [-0.1, -0.05) is 7.43 Å². The monoisotopic (exact) mass is 209 g/mol. The van der Waals surface area contributed by atoms with E-state index in [1.54, 1.807) is 0 Å². The topological polar surface area (TPSA) is 77.8 Å². The van der Waals surface area contributed by atoms with Crippen molar-refractivity contribution in [1.29, 1.82) is 0 Å². The summed E-state index contributed by atoms with van der Waals surface area (Å²) in [5.41, 5.74) is 0. The Kier molecular flexibility index (Phi) is 42.4. The van der Waals surface area contributed by atoms with Gasteiger partial charge in [-0.15, -0.1) is 0 Å². The SMILES string of the molecule is C.O=P(O)(O)O.[LiH].[Mn].[SiH4]. The third-order valence-corrected chi connectivity index (χ3v) is 0. The Balaban J connectivity index is -0.0000000133. The van der Waals surface area contributed by atoms with E-state index in [1.165, 1.54) is 0 Å². The van der Waals surface area contributed by atoms with Crippen LogP contribution in [0.1, 0.15) is 7.43 Å². The van der Waals surface area contributed by atoms with Crippen molar-refractivity contribution < 1.29 is 36.3 Å². The minimum absolute atomic E-state index is 0. The van der Waals surface area contributed by atoms with Crippen LogP contribution in [0, 0.1) is 0 Å². The molecule has 0 aromatic carbocycles. The molecule has 0 amide bonds. The van der Waals surface area contributed by atoms with E-state index in [9.17, 15) is 0 Å². The molecule has 0 heterocycles. The van der Waals surface area contributed by atoms with E-state index in [0.717, 1.165) is 0 Å². The van der Waals surface area contributed by atoms with Gasteiger partial charge < -0.3 is 14.7 Å². The summed E-state index contributed by atoms with van der Waals surface area (Å²) in [7, 11) is -4.64. The van der Waals surface area contributed by atoms with Crippen LogP contribution >= 0.6 is 7.82 Å². The van der Waals surface area contributed by atoms with Crippen LogP contribution in [0.15, 0.2) is 0 Å². The second-order valence-electron chi connectivity index (χ2n) is 0.513. The minimum Gasteiger partial charge on any atom is -0.0149 e. The third-order valence-electron chi connectivity index (χ3n) is 0. The van der Waals surface area contributed by atoms with Gasteiger partial charge in [0, 0.05) is 17.1 Å². The van der Waals surface area contributed by atoms with Gasteiger partial charge in [0.2, 0.25) is 0 Å². The predicted molar refractivity (Wildman–Crippen MR) is 39.5 cm³/mol. The molecule has 0 aromatic rings. The third kappa shape index (κ3) is 251. The zero-order valence-electron chi connectivity index (χ0n) is 2.58. The van der Waals surface area contributed by atoms with Crippen LogP contribution in [-0.2, 0) is 21.6 Å². The smallest absolute Gasteiger partial charge is 0 e. The van der Waals surface area contributed by atoms with E-state index < -0.39 is 7.82 Å². The van der Waals surface area contributed by atoms with Crippen molar-refractivity contribution in [1.82, 2.24) is 0 Å². The van der Waals surface area contributed by atoms with Gasteiger partial charge in [0.15, 0.2) is 0 Å². The maximum Gasteiger partial charge on any atom is 0 e. The first-order valence-electron chi connectivity index (χ1n) is 0.783. The summed E-state index contributed by atoms with van der Waals surface area (Å²) in [6, 6.07) is 0. The number of rotatable bonds is 0. The summed E-state index contributed by atoms with van der Waals surface area (Å²) in [5, 5.41) is 0. The molecule has 0 rings (SSSR count). The zero-order chi connectivity index (χ0) is 4.50. The molecular weight excluding hydrogens is 197 g/mol. The standard InChI is InChI=1S/CH4.Li.Mn.H3O4P.H4Si.H/c;;;1-5(2,3)4;;/h1H4;;;(H3,1,2,3,4);1H4;. The molecule has 4 nitrogen and oxygen atoms in total. The molecule has 8 heteroatoms. The molecule has 0 fully saturated rings. The van der Waals surface area contributed by atoms with E-state index in [-0.39, 0.29) is 54.3 Å². The van der Waals surface area contributed by atoms with Gasteiger partial charge in [-0.3, -0.25) is 0 Å². The van der Waals surface area contributed by atoms with Crippen molar-refractivity contribution in [3.05, 3.63) is 0 Å². The molecule has 0 unspecified atom stereocenters. The van der Waals surface area contributed by atoms with Gasteiger partial charge in [0.05, 0.1) is 0 Å². The molecule has 3 N–H and O–H groups in total.